The van der Waals surface area contributed by atoms with Gasteiger partial charge in [0.05, 0.1) is 0 Å². The molecular formula is C17H23N3O. The van der Waals surface area contributed by atoms with Crippen molar-refractivity contribution in [3.05, 3.63) is 24.3 Å². The summed E-state index contributed by atoms with van der Waals surface area (Å²) >= 11 is 0. The van der Waals surface area contributed by atoms with Crippen molar-refractivity contribution in [1.82, 2.24) is 4.90 Å². The van der Waals surface area contributed by atoms with Gasteiger partial charge in [-0.3, -0.25) is 9.69 Å². The molecule has 1 aliphatic carbocycles. The Morgan fingerprint density at radius 1 is 1.10 bits per heavy atom. The maximum atomic E-state index is 11.8. The van der Waals surface area contributed by atoms with Crippen molar-refractivity contribution in [3.63, 3.8) is 0 Å². The second-order valence-electron chi connectivity index (χ2n) is 6.63. The zero-order valence-electron chi connectivity index (χ0n) is 12.3. The Labute approximate surface area is 125 Å². The number of carbonyl (C=O) groups excluding carboxylic acids is 1. The molecule has 112 valence electrons. The molecule has 2 saturated heterocycles. The summed E-state index contributed by atoms with van der Waals surface area (Å²) in [7, 11) is 0. The fourth-order valence-electron chi connectivity index (χ4n) is 3.74. The summed E-state index contributed by atoms with van der Waals surface area (Å²) in [6, 6.07) is 9.42. The van der Waals surface area contributed by atoms with Crippen molar-refractivity contribution in [1.29, 1.82) is 0 Å². The lowest BCUT2D eigenvalue weighted by atomic mass is 10.1. The number of rotatable bonds is 4. The molecule has 0 bridgehead atoms. The largest absolute Gasteiger partial charge is 0.381 e. The third-order valence-electron chi connectivity index (χ3n) is 5.04. The van der Waals surface area contributed by atoms with Gasteiger partial charge in [-0.05, 0) is 56.8 Å². The highest BCUT2D eigenvalue weighted by molar-refractivity contribution is 5.94. The average Bonchev–Trinajstić information content (AvgIpc) is 3.12. The smallest absolute Gasteiger partial charge is 0.227 e. The summed E-state index contributed by atoms with van der Waals surface area (Å²) in [5.41, 5.74) is 2.04. The van der Waals surface area contributed by atoms with Crippen LogP contribution in [0, 0.1) is 5.92 Å². The van der Waals surface area contributed by atoms with Gasteiger partial charge in [-0.25, -0.2) is 0 Å². The second kappa shape index (κ2) is 5.34. The van der Waals surface area contributed by atoms with Crippen molar-refractivity contribution < 1.29 is 4.79 Å². The van der Waals surface area contributed by atoms with E-state index in [2.05, 4.69) is 27.7 Å². The monoisotopic (exact) mass is 285 g/mol. The lowest BCUT2D eigenvalue weighted by Gasteiger charge is -2.22. The Bertz CT molecular complexity index is 541. The molecule has 3 fully saturated rings. The van der Waals surface area contributed by atoms with Crippen LogP contribution in [-0.2, 0) is 4.79 Å². The van der Waals surface area contributed by atoms with E-state index >= 15 is 0 Å². The first kappa shape index (κ1) is 13.1. The maximum absolute atomic E-state index is 11.8. The van der Waals surface area contributed by atoms with Crippen LogP contribution in [0.1, 0.15) is 32.1 Å². The molecule has 2 unspecified atom stereocenters. The minimum atomic E-state index is 0.176. The number of hydrogen-bond acceptors (Lipinski definition) is 3. The van der Waals surface area contributed by atoms with Gasteiger partial charge in [0.1, 0.15) is 0 Å². The average molecular weight is 285 g/mol. The van der Waals surface area contributed by atoms with E-state index in [9.17, 15) is 4.79 Å². The third-order valence-corrected chi connectivity index (χ3v) is 5.04. The Hall–Kier alpha value is -1.55. The van der Waals surface area contributed by atoms with Gasteiger partial charge in [0.2, 0.25) is 5.91 Å². The fraction of sp³-hybridized carbons (Fsp3) is 0.588. The molecule has 4 rings (SSSR count). The summed E-state index contributed by atoms with van der Waals surface area (Å²) in [4.78, 5) is 14.4. The van der Waals surface area contributed by atoms with Crippen molar-refractivity contribution in [3.8, 4) is 0 Å². The van der Waals surface area contributed by atoms with Gasteiger partial charge in [-0.2, -0.15) is 0 Å². The second-order valence-corrected chi connectivity index (χ2v) is 6.63. The van der Waals surface area contributed by atoms with Crippen LogP contribution >= 0.6 is 0 Å². The van der Waals surface area contributed by atoms with Crippen LogP contribution in [-0.4, -0.2) is 36.0 Å². The summed E-state index contributed by atoms with van der Waals surface area (Å²) < 4.78 is 0. The normalized spacial score (nSPS) is 28.4. The molecule has 1 aromatic carbocycles. The summed E-state index contributed by atoms with van der Waals surface area (Å²) in [6.45, 7) is 2.49. The molecule has 1 aromatic rings. The number of nitrogens with zero attached hydrogens (tertiary/aromatic N) is 1. The van der Waals surface area contributed by atoms with Gasteiger partial charge in [-0.15, -0.1) is 0 Å². The van der Waals surface area contributed by atoms with Crippen LogP contribution < -0.4 is 10.6 Å². The Kier molecular flexibility index (Phi) is 3.34. The van der Waals surface area contributed by atoms with E-state index < -0.39 is 0 Å². The highest BCUT2D eigenvalue weighted by Gasteiger charge is 2.37. The number of amides is 1. The van der Waals surface area contributed by atoms with E-state index in [1.807, 2.05) is 12.1 Å². The van der Waals surface area contributed by atoms with Gasteiger partial charge >= 0.3 is 0 Å². The fourth-order valence-corrected chi connectivity index (χ4v) is 3.74. The van der Waals surface area contributed by atoms with Gasteiger partial charge in [0.15, 0.2) is 0 Å². The topological polar surface area (TPSA) is 44.4 Å². The molecular weight excluding hydrogens is 262 g/mol. The van der Waals surface area contributed by atoms with Crippen molar-refractivity contribution in [2.45, 2.75) is 44.2 Å². The van der Waals surface area contributed by atoms with Crippen molar-refractivity contribution in [2.75, 3.05) is 23.7 Å². The number of anilines is 2. The Balaban J connectivity index is 1.41. The summed E-state index contributed by atoms with van der Waals surface area (Å²) in [5.74, 6) is 0.429. The number of hydrogen-bond donors (Lipinski definition) is 2. The zero-order chi connectivity index (χ0) is 14.2. The molecule has 4 nitrogen and oxygen atoms in total. The molecule has 2 atom stereocenters. The highest BCUT2D eigenvalue weighted by atomic mass is 16.2. The minimum absolute atomic E-state index is 0.176. The predicted octanol–water partition coefficient (Wildman–Crippen LogP) is 2.68. The van der Waals surface area contributed by atoms with E-state index in [-0.39, 0.29) is 11.8 Å². The van der Waals surface area contributed by atoms with Gasteiger partial charge in [-0.1, -0.05) is 6.07 Å². The number of nitrogens with one attached hydrogen (secondary N) is 2. The van der Waals surface area contributed by atoms with Crippen LogP contribution in [0.25, 0.3) is 0 Å². The molecule has 4 heteroatoms. The lowest BCUT2D eigenvalue weighted by Crippen LogP contribution is -2.33. The molecule has 2 aliphatic heterocycles. The molecule has 2 heterocycles. The van der Waals surface area contributed by atoms with Crippen molar-refractivity contribution >= 4 is 17.3 Å². The van der Waals surface area contributed by atoms with E-state index in [0.29, 0.717) is 12.1 Å². The first-order valence-corrected chi connectivity index (χ1v) is 8.21. The number of carbonyl (C=O) groups is 1. The number of fused-ring (bicyclic) bond motifs is 1. The lowest BCUT2D eigenvalue weighted by molar-refractivity contribution is -0.117. The minimum Gasteiger partial charge on any atom is -0.381 e. The predicted molar refractivity (Wildman–Crippen MR) is 84.4 cm³/mol. The van der Waals surface area contributed by atoms with Gasteiger partial charge in [0.25, 0.3) is 0 Å². The van der Waals surface area contributed by atoms with Crippen LogP contribution in [0.4, 0.5) is 11.4 Å². The molecule has 0 spiro atoms. The molecule has 21 heavy (non-hydrogen) atoms. The number of benzene rings is 1. The SMILES string of the molecule is O=C(Nc1cccc(NC2CCN3CCCC23)c1)C1CC1. The van der Waals surface area contributed by atoms with Crippen LogP contribution in [0.2, 0.25) is 0 Å². The quantitative estimate of drug-likeness (QED) is 0.894. The maximum Gasteiger partial charge on any atom is 0.227 e. The third kappa shape index (κ3) is 2.77. The van der Waals surface area contributed by atoms with E-state index in [4.69, 9.17) is 0 Å². The van der Waals surface area contributed by atoms with Crippen molar-refractivity contribution in [2.24, 2.45) is 5.92 Å². The molecule has 1 amide bonds. The zero-order valence-corrected chi connectivity index (χ0v) is 12.3. The highest BCUT2D eigenvalue weighted by Crippen LogP contribution is 2.32. The van der Waals surface area contributed by atoms with Gasteiger partial charge < -0.3 is 10.6 Å². The van der Waals surface area contributed by atoms with E-state index in [1.54, 1.807) is 0 Å². The summed E-state index contributed by atoms with van der Waals surface area (Å²) in [5, 5.41) is 6.70. The van der Waals surface area contributed by atoms with Crippen LogP contribution in [0.15, 0.2) is 24.3 Å². The standard InChI is InChI=1S/C17H23N3O/c21-17(12-6-7-12)19-14-4-1-3-13(11-14)18-15-8-10-20-9-2-5-16(15)20/h1,3-4,11-12,15-16,18H,2,5-10H2,(H,19,21). The molecule has 1 saturated carbocycles. The first-order chi connectivity index (χ1) is 10.3. The Morgan fingerprint density at radius 2 is 1.95 bits per heavy atom. The molecule has 0 aromatic heterocycles. The molecule has 2 N–H and O–H groups in total. The molecule has 0 radical (unpaired) electrons. The summed E-state index contributed by atoms with van der Waals surface area (Å²) in [6.07, 6.45) is 5.96. The first-order valence-electron chi connectivity index (χ1n) is 8.21. The van der Waals surface area contributed by atoms with Crippen LogP contribution in [0.5, 0.6) is 0 Å². The Morgan fingerprint density at radius 3 is 2.81 bits per heavy atom. The van der Waals surface area contributed by atoms with Gasteiger partial charge in [0, 0.05) is 35.9 Å². The molecule has 3 aliphatic rings. The van der Waals surface area contributed by atoms with E-state index in [1.165, 1.54) is 32.4 Å². The van der Waals surface area contributed by atoms with Crippen LogP contribution in [0.3, 0.4) is 0 Å². The van der Waals surface area contributed by atoms with E-state index in [0.717, 1.165) is 24.2 Å².